The summed E-state index contributed by atoms with van der Waals surface area (Å²) in [4.78, 5) is 4.89. The zero-order valence-corrected chi connectivity index (χ0v) is 14.5. The van der Waals surface area contributed by atoms with Gasteiger partial charge in [-0.25, -0.2) is 0 Å². The Morgan fingerprint density at radius 2 is 1.67 bits per heavy atom. The number of piperidine rings is 1. The third kappa shape index (κ3) is 3.15. The lowest BCUT2D eigenvalue weighted by molar-refractivity contribution is -0.137. The molecular formula is C18H23F3N2S. The van der Waals surface area contributed by atoms with Gasteiger partial charge in [-0.3, -0.25) is 4.90 Å². The van der Waals surface area contributed by atoms with Crippen LogP contribution in [0.15, 0.2) is 24.3 Å². The van der Waals surface area contributed by atoms with E-state index in [1.54, 1.807) is 12.1 Å². The molecule has 1 aromatic rings. The lowest BCUT2D eigenvalue weighted by Crippen LogP contribution is -2.46. The lowest BCUT2D eigenvalue weighted by atomic mass is 9.91. The van der Waals surface area contributed by atoms with E-state index < -0.39 is 11.7 Å². The Hall–Kier alpha value is -0.880. The van der Waals surface area contributed by atoms with Crippen LogP contribution in [0, 0.1) is 5.41 Å². The van der Waals surface area contributed by atoms with E-state index in [1.807, 2.05) is 0 Å². The van der Waals surface area contributed by atoms with Crippen molar-refractivity contribution in [3.05, 3.63) is 29.8 Å². The number of benzene rings is 1. The average Bonchev–Trinajstić information content (AvgIpc) is 3.00. The van der Waals surface area contributed by atoms with Gasteiger partial charge in [-0.1, -0.05) is 0 Å². The summed E-state index contributed by atoms with van der Waals surface area (Å²) < 4.78 is 38.0. The molecule has 132 valence electrons. The SMILES string of the molecule is FC(F)(F)c1ccc(N2CCC(N3CCC4(CSC4)C3)CC2)cc1. The van der Waals surface area contributed by atoms with Gasteiger partial charge in [-0.2, -0.15) is 24.9 Å². The van der Waals surface area contributed by atoms with Crippen molar-refractivity contribution >= 4 is 17.4 Å². The molecule has 3 heterocycles. The molecule has 1 spiro atoms. The number of rotatable bonds is 2. The maximum absolute atomic E-state index is 12.7. The second kappa shape index (κ2) is 6.13. The number of thioether (sulfide) groups is 1. The normalized spacial score (nSPS) is 25.2. The number of nitrogens with zero attached hydrogens (tertiary/aromatic N) is 2. The van der Waals surface area contributed by atoms with E-state index in [0.29, 0.717) is 11.5 Å². The molecule has 6 heteroatoms. The molecule has 2 nitrogen and oxygen atoms in total. The minimum absolute atomic E-state index is 0.568. The summed E-state index contributed by atoms with van der Waals surface area (Å²) in [5.41, 5.74) is 0.950. The van der Waals surface area contributed by atoms with Gasteiger partial charge in [0.15, 0.2) is 0 Å². The fourth-order valence-corrected chi connectivity index (χ4v) is 5.51. The van der Waals surface area contributed by atoms with Crippen LogP contribution in [0.5, 0.6) is 0 Å². The van der Waals surface area contributed by atoms with Crippen LogP contribution >= 0.6 is 11.8 Å². The summed E-state index contributed by atoms with van der Waals surface area (Å²) in [6.45, 7) is 4.36. The molecule has 0 saturated carbocycles. The summed E-state index contributed by atoms with van der Waals surface area (Å²) in [6, 6.07) is 6.26. The second-order valence-corrected chi connectivity index (χ2v) is 8.46. The van der Waals surface area contributed by atoms with Gasteiger partial charge in [0.25, 0.3) is 0 Å². The molecule has 3 aliphatic rings. The van der Waals surface area contributed by atoms with Crippen LogP contribution < -0.4 is 4.90 Å². The summed E-state index contributed by atoms with van der Waals surface area (Å²) in [6.07, 6.45) is -0.676. The van der Waals surface area contributed by atoms with Gasteiger partial charge in [-0.15, -0.1) is 0 Å². The van der Waals surface area contributed by atoms with E-state index in [0.717, 1.165) is 31.6 Å². The van der Waals surface area contributed by atoms with Crippen molar-refractivity contribution < 1.29 is 13.2 Å². The number of halogens is 3. The van der Waals surface area contributed by atoms with E-state index in [-0.39, 0.29) is 0 Å². The minimum atomic E-state index is -4.25. The predicted molar refractivity (Wildman–Crippen MR) is 92.6 cm³/mol. The number of anilines is 1. The van der Waals surface area contributed by atoms with Gasteiger partial charge in [0.2, 0.25) is 0 Å². The number of alkyl halides is 3. The van der Waals surface area contributed by atoms with Gasteiger partial charge in [-0.05, 0) is 50.1 Å². The van der Waals surface area contributed by atoms with Crippen LogP contribution in [-0.2, 0) is 6.18 Å². The molecule has 0 bridgehead atoms. The smallest absolute Gasteiger partial charge is 0.371 e. The Balaban J connectivity index is 1.33. The lowest BCUT2D eigenvalue weighted by Gasteiger charge is -2.41. The monoisotopic (exact) mass is 356 g/mol. The Labute approximate surface area is 145 Å². The summed E-state index contributed by atoms with van der Waals surface area (Å²) in [7, 11) is 0. The number of likely N-dealkylation sites (tertiary alicyclic amines) is 1. The fourth-order valence-electron chi connectivity index (χ4n) is 4.26. The maximum atomic E-state index is 12.7. The molecule has 0 unspecified atom stereocenters. The first kappa shape index (κ1) is 16.6. The molecule has 0 amide bonds. The van der Waals surface area contributed by atoms with Crippen molar-refractivity contribution in [2.45, 2.75) is 31.5 Å². The highest BCUT2D eigenvalue weighted by atomic mass is 32.2. The molecule has 24 heavy (non-hydrogen) atoms. The standard InChI is InChI=1S/C18H23F3N2S/c19-18(20,21)14-1-3-15(4-2-14)22-8-5-16(6-9-22)23-10-7-17(11-23)12-24-13-17/h1-4,16H,5-13H2. The predicted octanol–water partition coefficient (Wildman–Crippen LogP) is 4.11. The molecule has 0 N–H and O–H groups in total. The molecule has 4 rings (SSSR count). The van der Waals surface area contributed by atoms with Crippen molar-refractivity contribution in [3.63, 3.8) is 0 Å². The molecule has 0 radical (unpaired) electrons. The number of hydrogen-bond donors (Lipinski definition) is 0. The van der Waals surface area contributed by atoms with Gasteiger partial charge >= 0.3 is 6.18 Å². The van der Waals surface area contributed by atoms with E-state index in [4.69, 9.17) is 0 Å². The van der Waals surface area contributed by atoms with Crippen LogP contribution in [0.1, 0.15) is 24.8 Å². The maximum Gasteiger partial charge on any atom is 0.416 e. The molecule has 3 aliphatic heterocycles. The highest BCUT2D eigenvalue weighted by Gasteiger charge is 2.45. The van der Waals surface area contributed by atoms with Gasteiger partial charge in [0, 0.05) is 48.3 Å². The Kier molecular flexibility index (Phi) is 4.23. The first-order chi connectivity index (χ1) is 11.5. The second-order valence-electron chi connectivity index (χ2n) is 7.48. The van der Waals surface area contributed by atoms with Crippen molar-refractivity contribution in [2.75, 3.05) is 42.6 Å². The highest BCUT2D eigenvalue weighted by molar-refractivity contribution is 8.00. The molecular weight excluding hydrogens is 333 g/mol. The zero-order chi connectivity index (χ0) is 16.8. The molecule has 0 aliphatic carbocycles. The quantitative estimate of drug-likeness (QED) is 0.787. The van der Waals surface area contributed by atoms with Gasteiger partial charge in [0.05, 0.1) is 5.56 Å². The third-order valence-corrected chi connectivity index (χ3v) is 7.46. The highest BCUT2D eigenvalue weighted by Crippen LogP contribution is 2.46. The molecule has 3 saturated heterocycles. The van der Waals surface area contributed by atoms with Crippen molar-refractivity contribution in [3.8, 4) is 0 Å². The average molecular weight is 356 g/mol. The minimum Gasteiger partial charge on any atom is -0.371 e. The van der Waals surface area contributed by atoms with Gasteiger partial charge in [0.1, 0.15) is 0 Å². The first-order valence-corrected chi connectivity index (χ1v) is 9.85. The van der Waals surface area contributed by atoms with E-state index in [1.165, 1.54) is 43.1 Å². The largest absolute Gasteiger partial charge is 0.416 e. The topological polar surface area (TPSA) is 6.48 Å². The van der Waals surface area contributed by atoms with Crippen LogP contribution in [0.4, 0.5) is 18.9 Å². The Morgan fingerprint density at radius 3 is 2.17 bits per heavy atom. The summed E-state index contributed by atoms with van der Waals surface area (Å²) >= 11 is 2.07. The van der Waals surface area contributed by atoms with Crippen LogP contribution in [0.3, 0.4) is 0 Å². The summed E-state index contributed by atoms with van der Waals surface area (Å²) in [5.74, 6) is 2.65. The zero-order valence-electron chi connectivity index (χ0n) is 13.7. The third-order valence-electron chi connectivity index (χ3n) is 5.83. The fraction of sp³-hybridized carbons (Fsp3) is 0.667. The van der Waals surface area contributed by atoms with Crippen LogP contribution in [0.2, 0.25) is 0 Å². The molecule has 0 aromatic heterocycles. The van der Waals surface area contributed by atoms with Gasteiger partial charge < -0.3 is 4.90 Å². The Morgan fingerprint density at radius 1 is 1.00 bits per heavy atom. The Bertz CT molecular complexity index is 575. The van der Waals surface area contributed by atoms with Crippen molar-refractivity contribution in [1.82, 2.24) is 4.90 Å². The molecule has 0 atom stereocenters. The van der Waals surface area contributed by atoms with E-state index in [2.05, 4.69) is 21.6 Å². The number of hydrogen-bond acceptors (Lipinski definition) is 3. The molecule has 1 aromatic carbocycles. The van der Waals surface area contributed by atoms with Crippen molar-refractivity contribution in [1.29, 1.82) is 0 Å². The van der Waals surface area contributed by atoms with Crippen LogP contribution in [-0.4, -0.2) is 48.6 Å². The molecule has 3 fully saturated rings. The summed E-state index contributed by atoms with van der Waals surface area (Å²) in [5, 5.41) is 0. The first-order valence-electron chi connectivity index (χ1n) is 8.69. The van der Waals surface area contributed by atoms with E-state index in [9.17, 15) is 13.2 Å². The van der Waals surface area contributed by atoms with E-state index >= 15 is 0 Å². The van der Waals surface area contributed by atoms with Crippen molar-refractivity contribution in [2.24, 2.45) is 5.41 Å². The van der Waals surface area contributed by atoms with Crippen LogP contribution in [0.25, 0.3) is 0 Å².